The van der Waals surface area contributed by atoms with Gasteiger partial charge in [0.15, 0.2) is 5.01 Å². The van der Waals surface area contributed by atoms with Gasteiger partial charge in [-0.2, -0.15) is 0 Å². The van der Waals surface area contributed by atoms with Crippen molar-refractivity contribution >= 4 is 17.2 Å². The summed E-state index contributed by atoms with van der Waals surface area (Å²) in [7, 11) is 0. The number of carbonyl (C=O) groups is 1. The third-order valence-corrected chi connectivity index (χ3v) is 2.55. The number of carbonyl (C=O) groups excluding carboxylic acids is 1. The molecule has 0 unspecified atom stereocenters. The molecule has 0 aliphatic rings. The van der Waals surface area contributed by atoms with Gasteiger partial charge in [0.05, 0.1) is 12.2 Å². The number of nitrogens with one attached hydrogen (secondary N) is 1. The van der Waals surface area contributed by atoms with Gasteiger partial charge in [0, 0.05) is 17.8 Å². The summed E-state index contributed by atoms with van der Waals surface area (Å²) in [5.74, 6) is -0.157. The van der Waals surface area contributed by atoms with Crippen LogP contribution < -0.4 is 5.32 Å². The third kappa shape index (κ3) is 2.60. The Morgan fingerprint density at radius 3 is 2.93 bits per heavy atom. The van der Waals surface area contributed by atoms with Crippen molar-refractivity contribution in [3.8, 4) is 0 Å². The Morgan fingerprint density at radius 2 is 2.27 bits per heavy atom. The quantitative estimate of drug-likeness (QED) is 0.850. The maximum absolute atomic E-state index is 11.5. The van der Waals surface area contributed by atoms with Crippen LogP contribution >= 0.6 is 11.3 Å². The van der Waals surface area contributed by atoms with Crippen molar-refractivity contribution in [2.45, 2.75) is 6.54 Å². The molecule has 0 aromatic carbocycles. The van der Waals surface area contributed by atoms with Crippen LogP contribution in [0.2, 0.25) is 0 Å². The van der Waals surface area contributed by atoms with E-state index in [0.29, 0.717) is 11.6 Å². The minimum Gasteiger partial charge on any atom is -0.344 e. The normalized spacial score (nSPS) is 9.87. The second kappa shape index (κ2) is 4.65. The molecule has 0 atom stereocenters. The maximum atomic E-state index is 11.5. The summed E-state index contributed by atoms with van der Waals surface area (Å²) in [6, 6.07) is 5.59. The summed E-state index contributed by atoms with van der Waals surface area (Å²) < 4.78 is 0. The maximum Gasteiger partial charge on any atom is 0.280 e. The minimum atomic E-state index is -0.157. The van der Waals surface area contributed by atoms with Crippen molar-refractivity contribution in [3.05, 3.63) is 46.7 Å². The first-order valence-electron chi connectivity index (χ1n) is 4.44. The van der Waals surface area contributed by atoms with E-state index >= 15 is 0 Å². The van der Waals surface area contributed by atoms with Crippen LogP contribution in [0.4, 0.5) is 0 Å². The zero-order chi connectivity index (χ0) is 10.5. The Balaban J connectivity index is 1.92. The lowest BCUT2D eigenvalue weighted by molar-refractivity contribution is 0.0950. The van der Waals surface area contributed by atoms with Gasteiger partial charge >= 0.3 is 0 Å². The Hall–Kier alpha value is -1.75. The van der Waals surface area contributed by atoms with E-state index in [0.717, 1.165) is 5.69 Å². The highest BCUT2D eigenvalue weighted by molar-refractivity contribution is 7.11. The molecule has 5 heteroatoms. The fourth-order valence-electron chi connectivity index (χ4n) is 1.08. The van der Waals surface area contributed by atoms with Crippen LogP contribution in [0.3, 0.4) is 0 Å². The molecule has 0 fully saturated rings. The van der Waals surface area contributed by atoms with Gasteiger partial charge in [-0.1, -0.05) is 6.07 Å². The number of nitrogens with zero attached hydrogens (tertiary/aromatic N) is 2. The monoisotopic (exact) mass is 219 g/mol. The first-order valence-corrected chi connectivity index (χ1v) is 5.32. The standard InChI is InChI=1S/C10H9N3OS/c14-9(10-12-5-6-15-10)13-7-8-3-1-2-4-11-8/h1-6H,7H2,(H,13,14). The molecule has 0 saturated heterocycles. The van der Waals surface area contributed by atoms with Gasteiger partial charge in [-0.05, 0) is 12.1 Å². The molecule has 2 rings (SSSR count). The van der Waals surface area contributed by atoms with Crippen LogP contribution in [0.25, 0.3) is 0 Å². The van der Waals surface area contributed by atoms with E-state index in [-0.39, 0.29) is 5.91 Å². The molecule has 0 saturated carbocycles. The minimum absolute atomic E-state index is 0.157. The summed E-state index contributed by atoms with van der Waals surface area (Å²) >= 11 is 1.32. The zero-order valence-corrected chi connectivity index (χ0v) is 8.70. The van der Waals surface area contributed by atoms with Crippen LogP contribution in [0, 0.1) is 0 Å². The van der Waals surface area contributed by atoms with Gasteiger partial charge in [0.25, 0.3) is 5.91 Å². The van der Waals surface area contributed by atoms with Crippen molar-refractivity contribution in [2.24, 2.45) is 0 Å². The number of aromatic nitrogens is 2. The summed E-state index contributed by atoms with van der Waals surface area (Å²) in [5.41, 5.74) is 0.836. The molecule has 0 bridgehead atoms. The van der Waals surface area contributed by atoms with Crippen LogP contribution in [-0.2, 0) is 6.54 Å². The molecular weight excluding hydrogens is 210 g/mol. The molecular formula is C10H9N3OS. The van der Waals surface area contributed by atoms with E-state index in [1.807, 2.05) is 18.2 Å². The molecule has 15 heavy (non-hydrogen) atoms. The van der Waals surface area contributed by atoms with Crippen LogP contribution in [0.5, 0.6) is 0 Å². The van der Waals surface area contributed by atoms with Gasteiger partial charge in [-0.15, -0.1) is 11.3 Å². The average Bonchev–Trinajstić information content (AvgIpc) is 2.81. The highest BCUT2D eigenvalue weighted by Crippen LogP contribution is 2.03. The molecule has 0 radical (unpaired) electrons. The lowest BCUT2D eigenvalue weighted by Crippen LogP contribution is -2.22. The van der Waals surface area contributed by atoms with Gasteiger partial charge in [0.1, 0.15) is 0 Å². The summed E-state index contributed by atoms with van der Waals surface area (Å²) in [4.78, 5) is 19.5. The molecule has 2 aromatic heterocycles. The smallest absolute Gasteiger partial charge is 0.280 e. The van der Waals surface area contributed by atoms with E-state index in [2.05, 4.69) is 15.3 Å². The number of pyridine rings is 1. The molecule has 4 nitrogen and oxygen atoms in total. The molecule has 76 valence electrons. The second-order valence-corrected chi connectivity index (χ2v) is 3.74. The molecule has 2 heterocycles. The number of rotatable bonds is 3. The molecule has 2 aromatic rings. The summed E-state index contributed by atoms with van der Waals surface area (Å²) in [6.07, 6.45) is 3.31. The van der Waals surface area contributed by atoms with E-state index in [1.165, 1.54) is 11.3 Å². The first-order chi connectivity index (χ1) is 7.36. The predicted octanol–water partition coefficient (Wildman–Crippen LogP) is 1.47. The molecule has 0 aliphatic heterocycles. The Kier molecular flexibility index (Phi) is 3.04. The average molecular weight is 219 g/mol. The number of hydrogen-bond donors (Lipinski definition) is 1. The Morgan fingerprint density at radius 1 is 1.33 bits per heavy atom. The number of thiazole rings is 1. The Labute approximate surface area is 91.0 Å². The molecule has 0 aliphatic carbocycles. The Bertz CT molecular complexity index is 427. The topological polar surface area (TPSA) is 54.9 Å². The van der Waals surface area contributed by atoms with Gasteiger partial charge in [-0.25, -0.2) is 4.98 Å². The number of hydrogen-bond acceptors (Lipinski definition) is 4. The van der Waals surface area contributed by atoms with Crippen molar-refractivity contribution in [2.75, 3.05) is 0 Å². The third-order valence-electron chi connectivity index (χ3n) is 1.78. The van der Waals surface area contributed by atoms with Gasteiger partial charge < -0.3 is 5.32 Å². The van der Waals surface area contributed by atoms with E-state index in [1.54, 1.807) is 17.8 Å². The highest BCUT2D eigenvalue weighted by Gasteiger charge is 2.07. The van der Waals surface area contributed by atoms with Crippen molar-refractivity contribution in [1.29, 1.82) is 0 Å². The largest absolute Gasteiger partial charge is 0.344 e. The van der Waals surface area contributed by atoms with Gasteiger partial charge in [-0.3, -0.25) is 9.78 Å². The van der Waals surface area contributed by atoms with E-state index in [4.69, 9.17) is 0 Å². The number of amides is 1. The van der Waals surface area contributed by atoms with Gasteiger partial charge in [0.2, 0.25) is 0 Å². The molecule has 1 amide bonds. The second-order valence-electron chi connectivity index (χ2n) is 2.84. The van der Waals surface area contributed by atoms with E-state index < -0.39 is 0 Å². The SMILES string of the molecule is O=C(NCc1ccccn1)c1nccs1. The van der Waals surface area contributed by atoms with Crippen LogP contribution in [0.1, 0.15) is 15.5 Å². The highest BCUT2D eigenvalue weighted by atomic mass is 32.1. The summed E-state index contributed by atoms with van der Waals surface area (Å²) in [5, 5.41) is 5.00. The first kappa shape index (κ1) is 9.79. The summed E-state index contributed by atoms with van der Waals surface area (Å²) in [6.45, 7) is 0.430. The lowest BCUT2D eigenvalue weighted by Gasteiger charge is -2.01. The fraction of sp³-hybridized carbons (Fsp3) is 0.100. The molecule has 1 N–H and O–H groups in total. The zero-order valence-electron chi connectivity index (χ0n) is 7.88. The van der Waals surface area contributed by atoms with Crippen LogP contribution in [-0.4, -0.2) is 15.9 Å². The molecule has 0 spiro atoms. The van der Waals surface area contributed by atoms with Crippen molar-refractivity contribution in [3.63, 3.8) is 0 Å². The van der Waals surface area contributed by atoms with Crippen molar-refractivity contribution < 1.29 is 4.79 Å². The van der Waals surface area contributed by atoms with Crippen molar-refractivity contribution in [1.82, 2.24) is 15.3 Å². The van der Waals surface area contributed by atoms with Crippen LogP contribution in [0.15, 0.2) is 36.0 Å². The lowest BCUT2D eigenvalue weighted by atomic mass is 10.3. The fourth-order valence-corrected chi connectivity index (χ4v) is 1.64. The predicted molar refractivity (Wildman–Crippen MR) is 57.5 cm³/mol. The van der Waals surface area contributed by atoms with E-state index in [9.17, 15) is 4.79 Å².